The van der Waals surface area contributed by atoms with E-state index in [1.54, 1.807) is 18.2 Å². The summed E-state index contributed by atoms with van der Waals surface area (Å²) in [6, 6.07) is 11.8. The molecule has 4 nitrogen and oxygen atoms in total. The van der Waals surface area contributed by atoms with Crippen LogP contribution in [-0.4, -0.2) is 4.92 Å². The zero-order chi connectivity index (χ0) is 14.7. The summed E-state index contributed by atoms with van der Waals surface area (Å²) >= 11 is 11.7. The Balaban J connectivity index is 2.28. The molecule has 0 bridgehead atoms. The van der Waals surface area contributed by atoms with Crippen LogP contribution in [0.4, 0.5) is 11.4 Å². The van der Waals surface area contributed by atoms with Gasteiger partial charge in [-0.3, -0.25) is 10.1 Å². The molecule has 6 heteroatoms. The zero-order valence-corrected chi connectivity index (χ0v) is 12.2. The highest BCUT2D eigenvalue weighted by molar-refractivity contribution is 6.31. The maximum absolute atomic E-state index is 11.0. The number of rotatable bonds is 4. The second kappa shape index (κ2) is 6.11. The van der Waals surface area contributed by atoms with Crippen molar-refractivity contribution in [3.63, 3.8) is 0 Å². The van der Waals surface area contributed by atoms with Crippen molar-refractivity contribution in [2.24, 2.45) is 0 Å². The lowest BCUT2D eigenvalue weighted by atomic mass is 10.1. The Morgan fingerprint density at radius 3 is 2.50 bits per heavy atom. The molecular weight excluding hydrogens is 299 g/mol. The Morgan fingerprint density at radius 2 is 1.85 bits per heavy atom. The number of nitro benzene ring substituents is 1. The van der Waals surface area contributed by atoms with E-state index in [1.807, 2.05) is 25.1 Å². The molecule has 2 rings (SSSR count). The van der Waals surface area contributed by atoms with Crippen molar-refractivity contribution in [2.45, 2.75) is 13.0 Å². The molecular formula is C14H12Cl2N2O2. The van der Waals surface area contributed by atoms with Crippen LogP contribution >= 0.6 is 23.2 Å². The van der Waals surface area contributed by atoms with Gasteiger partial charge in [-0.25, -0.2) is 0 Å². The van der Waals surface area contributed by atoms with Crippen LogP contribution in [0.2, 0.25) is 10.0 Å². The highest BCUT2D eigenvalue weighted by Crippen LogP contribution is 2.31. The first kappa shape index (κ1) is 14.6. The van der Waals surface area contributed by atoms with Crippen molar-refractivity contribution in [1.29, 1.82) is 0 Å². The van der Waals surface area contributed by atoms with Crippen LogP contribution in [0.15, 0.2) is 42.5 Å². The summed E-state index contributed by atoms with van der Waals surface area (Å²) in [5, 5.41) is 15.1. The lowest BCUT2D eigenvalue weighted by molar-refractivity contribution is -0.384. The van der Waals surface area contributed by atoms with Crippen molar-refractivity contribution >= 4 is 34.6 Å². The van der Waals surface area contributed by atoms with Gasteiger partial charge in [0.15, 0.2) is 0 Å². The highest BCUT2D eigenvalue weighted by Gasteiger charge is 2.16. The van der Waals surface area contributed by atoms with Crippen LogP contribution in [0.5, 0.6) is 0 Å². The average molecular weight is 311 g/mol. The Morgan fingerprint density at radius 1 is 1.15 bits per heavy atom. The largest absolute Gasteiger partial charge is 0.373 e. The molecule has 0 saturated heterocycles. The van der Waals surface area contributed by atoms with Gasteiger partial charge in [0.25, 0.3) is 5.69 Å². The standard InChI is InChI=1S/C14H12Cl2N2O2/c1-9(10-3-2-4-11(15)7-10)17-13-6-5-12(16)8-14(13)18(19)20/h2-9,17H,1H3. The quantitative estimate of drug-likeness (QED) is 0.633. The lowest BCUT2D eigenvalue weighted by Gasteiger charge is -2.16. The second-order valence-corrected chi connectivity index (χ2v) is 5.21. The third-order valence-electron chi connectivity index (χ3n) is 2.88. The van der Waals surface area contributed by atoms with Gasteiger partial charge in [-0.1, -0.05) is 35.3 Å². The van der Waals surface area contributed by atoms with E-state index in [9.17, 15) is 10.1 Å². The summed E-state index contributed by atoms with van der Waals surface area (Å²) in [4.78, 5) is 10.6. The number of nitro groups is 1. The minimum absolute atomic E-state index is 0.0496. The summed E-state index contributed by atoms with van der Waals surface area (Å²) in [5.41, 5.74) is 1.32. The number of benzene rings is 2. The smallest absolute Gasteiger partial charge is 0.293 e. The molecule has 0 spiro atoms. The topological polar surface area (TPSA) is 55.2 Å². The van der Waals surface area contributed by atoms with E-state index >= 15 is 0 Å². The van der Waals surface area contributed by atoms with Gasteiger partial charge in [0.2, 0.25) is 0 Å². The molecule has 0 aliphatic carbocycles. The Bertz CT molecular complexity index is 647. The van der Waals surface area contributed by atoms with Crippen LogP contribution in [-0.2, 0) is 0 Å². The van der Waals surface area contributed by atoms with Gasteiger partial charge in [-0.15, -0.1) is 0 Å². The summed E-state index contributed by atoms with van der Waals surface area (Å²) in [6.45, 7) is 1.91. The molecule has 0 aliphatic heterocycles. The second-order valence-electron chi connectivity index (χ2n) is 4.34. The SMILES string of the molecule is CC(Nc1ccc(Cl)cc1[N+](=O)[O-])c1cccc(Cl)c1. The molecule has 104 valence electrons. The van der Waals surface area contributed by atoms with E-state index in [-0.39, 0.29) is 11.7 Å². The van der Waals surface area contributed by atoms with E-state index in [0.29, 0.717) is 15.7 Å². The number of hydrogen-bond acceptors (Lipinski definition) is 3. The van der Waals surface area contributed by atoms with Gasteiger partial charge in [0.05, 0.1) is 4.92 Å². The minimum Gasteiger partial charge on any atom is -0.373 e. The molecule has 1 atom stereocenters. The van der Waals surface area contributed by atoms with Crippen molar-refractivity contribution in [3.05, 3.63) is 68.2 Å². The van der Waals surface area contributed by atoms with Crippen LogP contribution in [0, 0.1) is 10.1 Å². The summed E-state index contributed by atoms with van der Waals surface area (Å²) in [5.74, 6) is 0. The maximum Gasteiger partial charge on any atom is 0.293 e. The molecule has 0 aromatic heterocycles. The predicted molar refractivity (Wildman–Crippen MR) is 81.6 cm³/mol. The zero-order valence-electron chi connectivity index (χ0n) is 10.6. The van der Waals surface area contributed by atoms with Gasteiger partial charge in [-0.2, -0.15) is 0 Å². The predicted octanol–water partition coefficient (Wildman–Crippen LogP) is 5.07. The minimum atomic E-state index is -0.459. The van der Waals surface area contributed by atoms with Gasteiger partial charge in [-0.05, 0) is 36.8 Å². The lowest BCUT2D eigenvalue weighted by Crippen LogP contribution is -2.08. The van der Waals surface area contributed by atoms with Crippen LogP contribution in [0.25, 0.3) is 0 Å². The van der Waals surface area contributed by atoms with Gasteiger partial charge in [0, 0.05) is 22.2 Å². The van der Waals surface area contributed by atoms with Crippen molar-refractivity contribution in [3.8, 4) is 0 Å². The fourth-order valence-electron chi connectivity index (χ4n) is 1.87. The van der Waals surface area contributed by atoms with E-state index in [2.05, 4.69) is 5.32 Å². The number of nitrogens with one attached hydrogen (secondary N) is 1. The molecule has 0 radical (unpaired) electrons. The van der Waals surface area contributed by atoms with Gasteiger partial charge in [0.1, 0.15) is 5.69 Å². The van der Waals surface area contributed by atoms with Gasteiger partial charge < -0.3 is 5.32 Å². The van der Waals surface area contributed by atoms with Crippen molar-refractivity contribution in [2.75, 3.05) is 5.32 Å². The molecule has 0 saturated carbocycles. The third kappa shape index (κ3) is 3.40. The Kier molecular flexibility index (Phi) is 4.47. The van der Waals surface area contributed by atoms with E-state index < -0.39 is 4.92 Å². The normalized spacial score (nSPS) is 11.9. The molecule has 2 aromatic rings. The first-order valence-electron chi connectivity index (χ1n) is 5.93. The Labute approximate surface area is 126 Å². The molecule has 20 heavy (non-hydrogen) atoms. The summed E-state index contributed by atoms with van der Waals surface area (Å²) in [7, 11) is 0. The number of halogens is 2. The third-order valence-corrected chi connectivity index (χ3v) is 3.35. The summed E-state index contributed by atoms with van der Waals surface area (Å²) < 4.78 is 0. The fourth-order valence-corrected chi connectivity index (χ4v) is 2.24. The van der Waals surface area contributed by atoms with Crippen molar-refractivity contribution < 1.29 is 4.92 Å². The molecule has 0 aliphatic rings. The molecule has 0 fully saturated rings. The van der Waals surface area contributed by atoms with E-state index in [1.165, 1.54) is 6.07 Å². The molecule has 2 aromatic carbocycles. The van der Waals surface area contributed by atoms with Crippen LogP contribution in [0.1, 0.15) is 18.5 Å². The van der Waals surface area contributed by atoms with E-state index in [0.717, 1.165) is 5.56 Å². The number of hydrogen-bond donors (Lipinski definition) is 1. The molecule has 0 amide bonds. The average Bonchev–Trinajstić information content (AvgIpc) is 2.40. The molecule has 0 heterocycles. The van der Waals surface area contributed by atoms with Crippen molar-refractivity contribution in [1.82, 2.24) is 0 Å². The van der Waals surface area contributed by atoms with Gasteiger partial charge >= 0.3 is 0 Å². The summed E-state index contributed by atoms with van der Waals surface area (Å²) in [6.07, 6.45) is 0. The monoisotopic (exact) mass is 310 g/mol. The highest BCUT2D eigenvalue weighted by atomic mass is 35.5. The number of nitrogens with zero attached hydrogens (tertiary/aromatic N) is 1. The molecule has 1 N–H and O–H groups in total. The fraction of sp³-hybridized carbons (Fsp3) is 0.143. The maximum atomic E-state index is 11.0. The Hall–Kier alpha value is -1.78. The van der Waals surface area contributed by atoms with Crippen LogP contribution < -0.4 is 5.32 Å². The first-order valence-corrected chi connectivity index (χ1v) is 6.69. The van der Waals surface area contributed by atoms with Crippen LogP contribution in [0.3, 0.4) is 0 Å². The number of anilines is 1. The molecule has 1 unspecified atom stereocenters. The van der Waals surface area contributed by atoms with E-state index in [4.69, 9.17) is 23.2 Å². The first-order chi connectivity index (χ1) is 9.47.